The maximum absolute atomic E-state index is 10.6. The van der Waals surface area contributed by atoms with Crippen LogP contribution in [-0.2, 0) is 6.54 Å². The largest absolute Gasteiger partial charge is 0.362 e. The maximum atomic E-state index is 10.6. The van der Waals surface area contributed by atoms with Crippen molar-refractivity contribution in [2.24, 2.45) is 0 Å². The van der Waals surface area contributed by atoms with Crippen molar-refractivity contribution in [3.05, 3.63) is 51.2 Å². The maximum Gasteiger partial charge on any atom is 0.274 e. The molecule has 0 amide bonds. The van der Waals surface area contributed by atoms with E-state index in [1.165, 1.54) is 0 Å². The van der Waals surface area contributed by atoms with Gasteiger partial charge in [0.15, 0.2) is 5.82 Å². The average Bonchev–Trinajstić information content (AvgIpc) is 2.59. The first-order chi connectivity index (χ1) is 8.97. The van der Waals surface area contributed by atoms with Crippen molar-refractivity contribution >= 4 is 11.6 Å². The van der Waals surface area contributed by atoms with Crippen LogP contribution in [-0.4, -0.2) is 26.9 Å². The SMILES string of the molecule is C[C@@H]1N/C(=C/[N+](=O)[O-])N(Cc2ccc(Cl)nc2)[C@@H]1C. The zero-order valence-electron chi connectivity index (χ0n) is 10.7. The van der Waals surface area contributed by atoms with Crippen molar-refractivity contribution in [2.45, 2.75) is 32.5 Å². The van der Waals surface area contributed by atoms with E-state index in [-0.39, 0.29) is 12.1 Å². The highest BCUT2D eigenvalue weighted by Gasteiger charge is 2.32. The van der Waals surface area contributed by atoms with Crippen molar-refractivity contribution in [2.75, 3.05) is 0 Å². The molecule has 0 aromatic carbocycles. The van der Waals surface area contributed by atoms with Gasteiger partial charge in [-0.15, -0.1) is 0 Å². The van der Waals surface area contributed by atoms with Gasteiger partial charge in [0.25, 0.3) is 6.20 Å². The molecular formula is C12H15ClN4O2. The van der Waals surface area contributed by atoms with E-state index < -0.39 is 4.92 Å². The summed E-state index contributed by atoms with van der Waals surface area (Å²) in [5.74, 6) is 0.528. The summed E-state index contributed by atoms with van der Waals surface area (Å²) in [7, 11) is 0. The van der Waals surface area contributed by atoms with Gasteiger partial charge in [-0.2, -0.15) is 0 Å². The first-order valence-electron chi connectivity index (χ1n) is 5.96. The van der Waals surface area contributed by atoms with Gasteiger partial charge in [0.1, 0.15) is 5.15 Å². The molecule has 19 heavy (non-hydrogen) atoms. The second-order valence-corrected chi connectivity index (χ2v) is 4.98. The highest BCUT2D eigenvalue weighted by atomic mass is 35.5. The Morgan fingerprint density at radius 1 is 1.58 bits per heavy atom. The molecule has 0 saturated carbocycles. The summed E-state index contributed by atoms with van der Waals surface area (Å²) in [6.07, 6.45) is 2.69. The molecule has 2 heterocycles. The second-order valence-electron chi connectivity index (χ2n) is 4.59. The Labute approximate surface area is 116 Å². The normalized spacial score (nSPS) is 24.6. The number of rotatable bonds is 3. The fraction of sp³-hybridized carbons (Fsp3) is 0.417. The summed E-state index contributed by atoms with van der Waals surface area (Å²) in [6, 6.07) is 3.91. The third-order valence-electron chi connectivity index (χ3n) is 3.27. The van der Waals surface area contributed by atoms with Gasteiger partial charge in [-0.25, -0.2) is 4.98 Å². The molecule has 2 atom stereocenters. The number of nitrogens with one attached hydrogen (secondary N) is 1. The van der Waals surface area contributed by atoms with Crippen LogP contribution < -0.4 is 5.32 Å². The van der Waals surface area contributed by atoms with Crippen molar-refractivity contribution in [3.8, 4) is 0 Å². The highest BCUT2D eigenvalue weighted by molar-refractivity contribution is 6.29. The summed E-state index contributed by atoms with van der Waals surface area (Å²) < 4.78 is 0. The summed E-state index contributed by atoms with van der Waals surface area (Å²) in [6.45, 7) is 4.59. The number of aromatic nitrogens is 1. The predicted molar refractivity (Wildman–Crippen MR) is 71.9 cm³/mol. The van der Waals surface area contributed by atoms with Gasteiger partial charge in [-0.1, -0.05) is 17.7 Å². The van der Waals surface area contributed by atoms with Gasteiger partial charge in [0.05, 0.1) is 4.92 Å². The zero-order valence-corrected chi connectivity index (χ0v) is 11.5. The lowest BCUT2D eigenvalue weighted by molar-refractivity contribution is -0.404. The third kappa shape index (κ3) is 3.14. The predicted octanol–water partition coefficient (Wildman–Crippen LogP) is 1.99. The van der Waals surface area contributed by atoms with Gasteiger partial charge in [0.2, 0.25) is 0 Å². The number of nitro groups is 1. The molecule has 1 aromatic heterocycles. The van der Waals surface area contributed by atoms with Crippen LogP contribution in [0.1, 0.15) is 19.4 Å². The lowest BCUT2D eigenvalue weighted by Crippen LogP contribution is -2.30. The number of hydrogen-bond acceptors (Lipinski definition) is 5. The van der Waals surface area contributed by atoms with Crippen LogP contribution >= 0.6 is 11.6 Å². The molecule has 1 aliphatic rings. The van der Waals surface area contributed by atoms with Crippen LogP contribution in [0.5, 0.6) is 0 Å². The van der Waals surface area contributed by atoms with Crippen molar-refractivity contribution in [1.29, 1.82) is 0 Å². The van der Waals surface area contributed by atoms with Gasteiger partial charge in [-0.05, 0) is 25.5 Å². The Bertz CT molecular complexity index is 503. The Balaban J connectivity index is 2.20. The van der Waals surface area contributed by atoms with Crippen LogP contribution in [0.4, 0.5) is 0 Å². The molecule has 1 aliphatic heterocycles. The van der Waals surface area contributed by atoms with E-state index in [2.05, 4.69) is 10.3 Å². The molecule has 7 heteroatoms. The van der Waals surface area contributed by atoms with Gasteiger partial charge >= 0.3 is 0 Å². The number of pyridine rings is 1. The summed E-state index contributed by atoms with van der Waals surface area (Å²) in [4.78, 5) is 16.2. The quantitative estimate of drug-likeness (QED) is 0.521. The monoisotopic (exact) mass is 282 g/mol. The van der Waals surface area contributed by atoms with E-state index in [4.69, 9.17) is 11.6 Å². The van der Waals surface area contributed by atoms with E-state index in [1.807, 2.05) is 24.8 Å². The Morgan fingerprint density at radius 3 is 2.89 bits per heavy atom. The molecule has 0 radical (unpaired) electrons. The lowest BCUT2D eigenvalue weighted by Gasteiger charge is -2.23. The molecule has 1 fully saturated rings. The van der Waals surface area contributed by atoms with E-state index in [0.29, 0.717) is 17.5 Å². The third-order valence-corrected chi connectivity index (χ3v) is 3.49. The Morgan fingerprint density at radius 2 is 2.32 bits per heavy atom. The minimum Gasteiger partial charge on any atom is -0.362 e. The average molecular weight is 283 g/mol. The Kier molecular flexibility index (Phi) is 3.90. The van der Waals surface area contributed by atoms with E-state index in [0.717, 1.165) is 11.8 Å². The lowest BCUT2D eigenvalue weighted by atomic mass is 10.1. The first-order valence-corrected chi connectivity index (χ1v) is 6.34. The van der Waals surface area contributed by atoms with E-state index >= 15 is 0 Å². The standard InChI is InChI=1S/C12H15ClN4O2/c1-8-9(2)16(12(15-8)7-17(18)19)6-10-3-4-11(13)14-5-10/h3-5,7-9,15H,6H2,1-2H3/b12-7-/t8-,9+/m0/s1. The molecular weight excluding hydrogens is 268 g/mol. The van der Waals surface area contributed by atoms with Gasteiger partial charge in [0, 0.05) is 24.8 Å². The van der Waals surface area contributed by atoms with Gasteiger partial charge in [-0.3, -0.25) is 10.1 Å². The van der Waals surface area contributed by atoms with Crippen LogP contribution in [0, 0.1) is 10.1 Å². The highest BCUT2D eigenvalue weighted by Crippen LogP contribution is 2.22. The molecule has 0 spiro atoms. The van der Waals surface area contributed by atoms with Gasteiger partial charge < -0.3 is 10.2 Å². The molecule has 6 nitrogen and oxygen atoms in total. The summed E-state index contributed by atoms with van der Waals surface area (Å²) >= 11 is 5.74. The van der Waals surface area contributed by atoms with E-state index in [9.17, 15) is 10.1 Å². The van der Waals surface area contributed by atoms with E-state index in [1.54, 1.807) is 12.3 Å². The van der Waals surface area contributed by atoms with Crippen LogP contribution in [0.15, 0.2) is 30.4 Å². The molecule has 2 rings (SSSR count). The van der Waals surface area contributed by atoms with Crippen molar-refractivity contribution < 1.29 is 4.92 Å². The minimum absolute atomic E-state index is 0.159. The summed E-state index contributed by atoms with van der Waals surface area (Å²) in [5.41, 5.74) is 0.960. The fourth-order valence-corrected chi connectivity index (χ4v) is 2.17. The second kappa shape index (κ2) is 5.44. The number of hydrogen-bond donors (Lipinski definition) is 1. The molecule has 0 bridgehead atoms. The van der Waals surface area contributed by atoms with Crippen LogP contribution in [0.2, 0.25) is 5.15 Å². The molecule has 1 aromatic rings. The molecule has 0 unspecified atom stereocenters. The van der Waals surface area contributed by atoms with Crippen molar-refractivity contribution in [1.82, 2.24) is 15.2 Å². The molecule has 0 aliphatic carbocycles. The number of halogens is 1. The molecule has 1 N–H and O–H groups in total. The smallest absolute Gasteiger partial charge is 0.274 e. The molecule has 1 saturated heterocycles. The molecule has 102 valence electrons. The van der Waals surface area contributed by atoms with Crippen LogP contribution in [0.25, 0.3) is 0 Å². The van der Waals surface area contributed by atoms with Crippen molar-refractivity contribution in [3.63, 3.8) is 0 Å². The summed E-state index contributed by atoms with van der Waals surface area (Å²) in [5, 5.41) is 14.2. The zero-order chi connectivity index (χ0) is 14.0. The topological polar surface area (TPSA) is 71.3 Å². The number of nitrogens with zero attached hydrogens (tertiary/aromatic N) is 3. The first kappa shape index (κ1) is 13.6. The Hall–Kier alpha value is -1.82. The fourth-order valence-electron chi connectivity index (χ4n) is 2.06. The minimum atomic E-state index is -0.444. The van der Waals surface area contributed by atoms with Crippen LogP contribution in [0.3, 0.4) is 0 Å².